The van der Waals surface area contributed by atoms with Crippen LogP contribution >= 0.6 is 0 Å². The molecule has 1 aromatic rings. The molecule has 0 bridgehead atoms. The van der Waals surface area contributed by atoms with E-state index in [1.807, 2.05) is 17.7 Å². The molecule has 14 heavy (non-hydrogen) atoms. The van der Waals surface area contributed by atoms with E-state index in [0.717, 1.165) is 25.3 Å². The van der Waals surface area contributed by atoms with E-state index in [4.69, 9.17) is 10.5 Å². The van der Waals surface area contributed by atoms with Crippen molar-refractivity contribution in [3.05, 3.63) is 11.9 Å². The molecule has 1 heterocycles. The number of hydrogen-bond acceptors (Lipinski definition) is 3. The summed E-state index contributed by atoms with van der Waals surface area (Å²) < 4.78 is 7.36. The number of aryl methyl sites for hydroxylation is 1. The molecule has 2 N–H and O–H groups in total. The lowest BCUT2D eigenvalue weighted by Crippen LogP contribution is -2.08. The first kappa shape index (κ1) is 11.0. The van der Waals surface area contributed by atoms with Crippen LogP contribution in [0.25, 0.3) is 0 Å². The van der Waals surface area contributed by atoms with Crippen molar-refractivity contribution in [2.45, 2.75) is 33.2 Å². The Labute approximate surface area is 85.1 Å². The van der Waals surface area contributed by atoms with Gasteiger partial charge in [0.25, 0.3) is 0 Å². The molecule has 0 spiro atoms. The average Bonchev–Trinajstić information content (AvgIpc) is 2.45. The quantitative estimate of drug-likeness (QED) is 0.705. The second-order valence-electron chi connectivity index (χ2n) is 3.40. The number of imidazole rings is 1. The topological polar surface area (TPSA) is 53.1 Å². The molecule has 0 unspecified atom stereocenters. The Hall–Kier alpha value is -1.03. The molecule has 0 saturated heterocycles. The van der Waals surface area contributed by atoms with Crippen LogP contribution in [0.2, 0.25) is 0 Å². The van der Waals surface area contributed by atoms with Gasteiger partial charge in [0.15, 0.2) is 5.95 Å². The molecular weight excluding hydrogens is 178 g/mol. The van der Waals surface area contributed by atoms with Gasteiger partial charge in [0.1, 0.15) is 0 Å². The highest BCUT2D eigenvalue weighted by atomic mass is 16.5. The highest BCUT2D eigenvalue weighted by molar-refractivity contribution is 5.20. The molecule has 1 rings (SSSR count). The van der Waals surface area contributed by atoms with E-state index in [2.05, 4.69) is 11.9 Å². The van der Waals surface area contributed by atoms with Gasteiger partial charge < -0.3 is 15.0 Å². The van der Waals surface area contributed by atoms with Crippen LogP contribution in [0, 0.1) is 6.92 Å². The molecule has 1 aromatic heterocycles. The minimum Gasteiger partial charge on any atom is -0.380 e. The summed E-state index contributed by atoms with van der Waals surface area (Å²) in [6.45, 7) is 6.42. The number of hydrogen-bond donors (Lipinski definition) is 1. The van der Waals surface area contributed by atoms with Gasteiger partial charge in [-0.05, 0) is 13.3 Å². The van der Waals surface area contributed by atoms with E-state index in [0.29, 0.717) is 12.6 Å². The van der Waals surface area contributed by atoms with Crippen molar-refractivity contribution in [2.75, 3.05) is 18.9 Å². The van der Waals surface area contributed by atoms with Crippen molar-refractivity contribution < 1.29 is 4.74 Å². The molecule has 4 heteroatoms. The lowest BCUT2D eigenvalue weighted by atomic mass is 10.4. The highest BCUT2D eigenvalue weighted by Gasteiger charge is 2.00. The first-order chi connectivity index (χ1) is 6.74. The first-order valence-electron chi connectivity index (χ1n) is 5.11. The van der Waals surface area contributed by atoms with Crippen molar-refractivity contribution >= 4 is 5.95 Å². The summed E-state index contributed by atoms with van der Waals surface area (Å²) in [6, 6.07) is 0. The van der Waals surface area contributed by atoms with Crippen molar-refractivity contribution in [3.8, 4) is 0 Å². The molecule has 80 valence electrons. The van der Waals surface area contributed by atoms with E-state index in [1.165, 1.54) is 6.42 Å². The van der Waals surface area contributed by atoms with Crippen molar-refractivity contribution in [1.82, 2.24) is 9.55 Å². The van der Waals surface area contributed by atoms with E-state index in [-0.39, 0.29) is 0 Å². The summed E-state index contributed by atoms with van der Waals surface area (Å²) in [5.74, 6) is 0.571. The molecule has 0 aliphatic carbocycles. The van der Waals surface area contributed by atoms with Crippen LogP contribution in [-0.4, -0.2) is 22.8 Å². The van der Waals surface area contributed by atoms with E-state index in [9.17, 15) is 0 Å². The van der Waals surface area contributed by atoms with Crippen LogP contribution in [-0.2, 0) is 11.3 Å². The van der Waals surface area contributed by atoms with E-state index >= 15 is 0 Å². The van der Waals surface area contributed by atoms with Gasteiger partial charge in [0.2, 0.25) is 0 Å². The predicted molar refractivity (Wildman–Crippen MR) is 57.1 cm³/mol. The number of anilines is 1. The molecule has 4 nitrogen and oxygen atoms in total. The van der Waals surface area contributed by atoms with Crippen molar-refractivity contribution in [1.29, 1.82) is 0 Å². The third-order valence-electron chi connectivity index (χ3n) is 2.05. The summed E-state index contributed by atoms with van der Waals surface area (Å²) in [5.41, 5.74) is 6.63. The summed E-state index contributed by atoms with van der Waals surface area (Å²) >= 11 is 0. The standard InChI is InChI=1S/C10H19N3O/c1-3-4-6-14-7-5-13-8-9(2)12-10(13)11/h8H,3-7H2,1-2H3,(H2,11,12). The largest absolute Gasteiger partial charge is 0.380 e. The maximum absolute atomic E-state index is 5.68. The average molecular weight is 197 g/mol. The number of unbranched alkanes of at least 4 members (excludes halogenated alkanes) is 1. The molecule has 0 saturated carbocycles. The third kappa shape index (κ3) is 3.38. The summed E-state index contributed by atoms with van der Waals surface area (Å²) in [5, 5.41) is 0. The number of nitrogens with two attached hydrogens (primary N) is 1. The number of nitrogens with zero attached hydrogens (tertiary/aromatic N) is 2. The summed E-state index contributed by atoms with van der Waals surface area (Å²) in [7, 11) is 0. The molecule has 0 fully saturated rings. The Bertz CT molecular complexity index is 270. The Morgan fingerprint density at radius 2 is 2.29 bits per heavy atom. The SMILES string of the molecule is CCCCOCCn1cc(C)nc1N. The van der Waals surface area contributed by atoms with Gasteiger partial charge in [-0.2, -0.15) is 0 Å². The smallest absolute Gasteiger partial charge is 0.200 e. The number of aromatic nitrogens is 2. The zero-order valence-electron chi connectivity index (χ0n) is 8.99. The van der Waals surface area contributed by atoms with Crippen LogP contribution in [0.4, 0.5) is 5.95 Å². The van der Waals surface area contributed by atoms with Crippen LogP contribution in [0.3, 0.4) is 0 Å². The molecular formula is C10H19N3O. The van der Waals surface area contributed by atoms with Crippen LogP contribution in [0.15, 0.2) is 6.20 Å². The lowest BCUT2D eigenvalue weighted by molar-refractivity contribution is 0.124. The van der Waals surface area contributed by atoms with Gasteiger partial charge in [0.05, 0.1) is 12.3 Å². The molecule has 0 aromatic carbocycles. The monoisotopic (exact) mass is 197 g/mol. The Kier molecular flexibility index (Phi) is 4.46. The molecule has 0 aliphatic rings. The zero-order valence-corrected chi connectivity index (χ0v) is 8.99. The van der Waals surface area contributed by atoms with E-state index < -0.39 is 0 Å². The second-order valence-corrected chi connectivity index (χ2v) is 3.40. The fourth-order valence-electron chi connectivity index (χ4n) is 1.26. The van der Waals surface area contributed by atoms with E-state index in [1.54, 1.807) is 0 Å². The summed E-state index contributed by atoms with van der Waals surface area (Å²) in [6.07, 6.45) is 4.24. The van der Waals surface area contributed by atoms with Gasteiger partial charge in [-0.1, -0.05) is 13.3 Å². The maximum atomic E-state index is 5.68. The number of nitrogen functional groups attached to an aromatic ring is 1. The molecule has 0 radical (unpaired) electrons. The molecule has 0 atom stereocenters. The van der Waals surface area contributed by atoms with Crippen LogP contribution in [0.1, 0.15) is 25.5 Å². The summed E-state index contributed by atoms with van der Waals surface area (Å²) in [4.78, 5) is 4.11. The third-order valence-corrected chi connectivity index (χ3v) is 2.05. The number of rotatable bonds is 6. The normalized spacial score (nSPS) is 10.7. The minimum atomic E-state index is 0.571. The Morgan fingerprint density at radius 3 is 2.86 bits per heavy atom. The Balaban J connectivity index is 2.21. The first-order valence-corrected chi connectivity index (χ1v) is 5.11. The van der Waals surface area contributed by atoms with Gasteiger partial charge in [-0.25, -0.2) is 4.98 Å². The van der Waals surface area contributed by atoms with Gasteiger partial charge in [-0.15, -0.1) is 0 Å². The Morgan fingerprint density at radius 1 is 1.50 bits per heavy atom. The molecule has 0 aliphatic heterocycles. The molecule has 0 amide bonds. The second kappa shape index (κ2) is 5.65. The van der Waals surface area contributed by atoms with Gasteiger partial charge in [-0.3, -0.25) is 0 Å². The lowest BCUT2D eigenvalue weighted by Gasteiger charge is -2.05. The van der Waals surface area contributed by atoms with Gasteiger partial charge in [0, 0.05) is 19.3 Å². The fraction of sp³-hybridized carbons (Fsp3) is 0.700. The predicted octanol–water partition coefficient (Wildman–Crippen LogP) is 1.59. The van der Waals surface area contributed by atoms with Crippen LogP contribution < -0.4 is 5.73 Å². The minimum absolute atomic E-state index is 0.571. The highest BCUT2D eigenvalue weighted by Crippen LogP contribution is 2.03. The number of ether oxygens (including phenoxy) is 1. The fourth-order valence-corrected chi connectivity index (χ4v) is 1.26. The van der Waals surface area contributed by atoms with Crippen molar-refractivity contribution in [2.24, 2.45) is 0 Å². The van der Waals surface area contributed by atoms with Gasteiger partial charge >= 0.3 is 0 Å². The van der Waals surface area contributed by atoms with Crippen LogP contribution in [0.5, 0.6) is 0 Å². The zero-order chi connectivity index (χ0) is 10.4. The maximum Gasteiger partial charge on any atom is 0.200 e. The van der Waals surface area contributed by atoms with Crippen molar-refractivity contribution in [3.63, 3.8) is 0 Å².